The van der Waals surface area contributed by atoms with E-state index in [0.717, 1.165) is 21.1 Å². The van der Waals surface area contributed by atoms with Gasteiger partial charge in [-0.2, -0.15) is 10.4 Å². The number of halogens is 1. The molecule has 0 N–H and O–H groups in total. The number of hydrogen-bond donors (Lipinski definition) is 0. The Kier molecular flexibility index (Phi) is 2.62. The van der Waals surface area contributed by atoms with Crippen molar-refractivity contribution in [3.05, 3.63) is 58.7 Å². The molecule has 3 rings (SSSR count). The third kappa shape index (κ3) is 1.69. The number of nitriles is 1. The van der Waals surface area contributed by atoms with Crippen LogP contribution < -0.4 is 0 Å². The van der Waals surface area contributed by atoms with E-state index in [4.69, 9.17) is 0 Å². The van der Waals surface area contributed by atoms with Crippen LogP contribution in [0.3, 0.4) is 0 Å². The van der Waals surface area contributed by atoms with E-state index in [-0.39, 0.29) is 0 Å². The Bertz CT molecular complexity index is 754. The van der Waals surface area contributed by atoms with E-state index in [1.54, 1.807) is 4.68 Å². The summed E-state index contributed by atoms with van der Waals surface area (Å²) in [6.45, 7) is 0. The van der Waals surface area contributed by atoms with Gasteiger partial charge in [0.1, 0.15) is 6.07 Å². The van der Waals surface area contributed by atoms with Crippen LogP contribution in [0.5, 0.6) is 0 Å². The first-order valence-electron chi connectivity index (χ1n) is 5.43. The van der Waals surface area contributed by atoms with E-state index >= 15 is 0 Å². The molecule has 1 heterocycles. The minimum absolute atomic E-state index is 0.559. The summed E-state index contributed by atoms with van der Waals surface area (Å²) in [5.74, 6) is 0. The van der Waals surface area contributed by atoms with Gasteiger partial charge in [0.2, 0.25) is 0 Å². The third-order valence-electron chi connectivity index (χ3n) is 2.74. The number of benzene rings is 2. The van der Waals surface area contributed by atoms with Crippen molar-refractivity contribution < 1.29 is 0 Å². The molecule has 0 saturated heterocycles. The first kappa shape index (κ1) is 11.0. The van der Waals surface area contributed by atoms with E-state index in [9.17, 15) is 5.26 Å². The lowest BCUT2D eigenvalue weighted by atomic mass is 10.2. The molecular weight excluding hydrogens is 290 g/mol. The molecule has 0 aliphatic heterocycles. The Morgan fingerprint density at radius 1 is 1.11 bits per heavy atom. The first-order valence-corrected chi connectivity index (χ1v) is 6.23. The van der Waals surface area contributed by atoms with Crippen LogP contribution in [0.4, 0.5) is 0 Å². The summed E-state index contributed by atoms with van der Waals surface area (Å²) in [6.07, 6.45) is 0. The highest BCUT2D eigenvalue weighted by atomic mass is 79.9. The summed E-state index contributed by atoms with van der Waals surface area (Å²) in [5, 5.41) is 14.7. The lowest BCUT2D eigenvalue weighted by Crippen LogP contribution is -1.98. The second-order valence-electron chi connectivity index (χ2n) is 3.87. The van der Waals surface area contributed by atoms with Gasteiger partial charge in [0.05, 0.1) is 11.2 Å². The predicted molar refractivity (Wildman–Crippen MR) is 73.5 cm³/mol. The zero-order chi connectivity index (χ0) is 12.5. The van der Waals surface area contributed by atoms with Gasteiger partial charge in [0.25, 0.3) is 0 Å². The maximum absolute atomic E-state index is 9.31. The van der Waals surface area contributed by atoms with E-state index in [1.165, 1.54) is 0 Å². The van der Waals surface area contributed by atoms with Crippen LogP contribution >= 0.6 is 15.9 Å². The predicted octanol–water partition coefficient (Wildman–Crippen LogP) is 3.66. The molecule has 0 amide bonds. The zero-order valence-electron chi connectivity index (χ0n) is 9.34. The molecule has 0 bridgehead atoms. The summed E-state index contributed by atoms with van der Waals surface area (Å²) in [6, 6.07) is 17.6. The van der Waals surface area contributed by atoms with Crippen molar-refractivity contribution in [2.45, 2.75) is 0 Å². The van der Waals surface area contributed by atoms with Gasteiger partial charge in [-0.05, 0) is 30.3 Å². The monoisotopic (exact) mass is 297 g/mol. The quantitative estimate of drug-likeness (QED) is 0.688. The molecule has 3 aromatic rings. The van der Waals surface area contributed by atoms with Crippen LogP contribution in [0.1, 0.15) is 5.69 Å². The Labute approximate surface area is 112 Å². The van der Waals surface area contributed by atoms with Crippen LogP contribution in [-0.2, 0) is 0 Å². The van der Waals surface area contributed by atoms with Gasteiger partial charge in [-0.15, -0.1) is 0 Å². The van der Waals surface area contributed by atoms with E-state index in [0.29, 0.717) is 5.69 Å². The van der Waals surface area contributed by atoms with Crippen molar-refractivity contribution in [1.82, 2.24) is 9.78 Å². The molecule has 3 nitrogen and oxygen atoms in total. The van der Waals surface area contributed by atoms with Crippen molar-refractivity contribution in [3.63, 3.8) is 0 Å². The first-order chi connectivity index (χ1) is 8.79. The van der Waals surface area contributed by atoms with Crippen molar-refractivity contribution in [2.24, 2.45) is 0 Å². The molecular formula is C14H8BrN3. The number of fused-ring (bicyclic) bond motifs is 1. The molecule has 4 heteroatoms. The highest BCUT2D eigenvalue weighted by Gasteiger charge is 2.11. The number of para-hydroxylation sites is 1. The van der Waals surface area contributed by atoms with E-state index in [1.807, 2.05) is 48.5 Å². The van der Waals surface area contributed by atoms with Crippen molar-refractivity contribution in [3.8, 4) is 11.8 Å². The van der Waals surface area contributed by atoms with Crippen molar-refractivity contribution in [2.75, 3.05) is 0 Å². The molecule has 1 aromatic heterocycles. The normalized spacial score (nSPS) is 10.4. The second-order valence-corrected chi connectivity index (χ2v) is 4.78. The van der Waals surface area contributed by atoms with Crippen molar-refractivity contribution >= 4 is 26.8 Å². The summed E-state index contributed by atoms with van der Waals surface area (Å²) in [4.78, 5) is 0. The van der Waals surface area contributed by atoms with Gasteiger partial charge in [-0.25, -0.2) is 4.68 Å². The molecule has 0 spiro atoms. The molecule has 0 fully saturated rings. The van der Waals surface area contributed by atoms with Gasteiger partial charge < -0.3 is 0 Å². The third-order valence-corrected chi connectivity index (χ3v) is 3.23. The fourth-order valence-corrected chi connectivity index (χ4v) is 2.27. The molecule has 0 unspecified atom stereocenters. The standard InChI is InChI=1S/C14H8BrN3/c15-10-6-7-12-13(8-10)17-18(14(12)9-16)11-4-2-1-3-5-11/h1-8H. The van der Waals surface area contributed by atoms with Crippen LogP contribution in [0.25, 0.3) is 16.6 Å². The Balaban J connectivity index is 2.34. The Morgan fingerprint density at radius 3 is 2.61 bits per heavy atom. The summed E-state index contributed by atoms with van der Waals surface area (Å²) in [5.41, 5.74) is 2.26. The van der Waals surface area contributed by atoms with E-state index in [2.05, 4.69) is 27.1 Å². The smallest absolute Gasteiger partial charge is 0.152 e. The van der Waals surface area contributed by atoms with Gasteiger partial charge in [-0.3, -0.25) is 0 Å². The maximum atomic E-state index is 9.31. The molecule has 18 heavy (non-hydrogen) atoms. The molecule has 86 valence electrons. The molecule has 0 radical (unpaired) electrons. The number of hydrogen-bond acceptors (Lipinski definition) is 2. The topological polar surface area (TPSA) is 41.6 Å². The van der Waals surface area contributed by atoms with E-state index < -0.39 is 0 Å². The fourth-order valence-electron chi connectivity index (χ4n) is 1.92. The number of nitrogens with zero attached hydrogens (tertiary/aromatic N) is 3. The Hall–Kier alpha value is -2.12. The minimum Gasteiger partial charge on any atom is -0.222 e. The fraction of sp³-hybridized carbons (Fsp3) is 0. The number of rotatable bonds is 1. The zero-order valence-corrected chi connectivity index (χ0v) is 10.9. The minimum atomic E-state index is 0.559. The summed E-state index contributed by atoms with van der Waals surface area (Å²) < 4.78 is 2.63. The molecule has 2 aromatic carbocycles. The summed E-state index contributed by atoms with van der Waals surface area (Å²) in [7, 11) is 0. The Morgan fingerprint density at radius 2 is 1.89 bits per heavy atom. The molecule has 0 aliphatic carbocycles. The lowest BCUT2D eigenvalue weighted by Gasteiger charge is -2.00. The van der Waals surface area contributed by atoms with Gasteiger partial charge in [0, 0.05) is 9.86 Å². The van der Waals surface area contributed by atoms with Crippen LogP contribution in [-0.4, -0.2) is 9.78 Å². The molecule has 0 aliphatic rings. The SMILES string of the molecule is N#Cc1c2ccc(Br)cc2nn1-c1ccccc1. The second kappa shape index (κ2) is 4.28. The van der Waals surface area contributed by atoms with Crippen LogP contribution in [0.2, 0.25) is 0 Å². The highest BCUT2D eigenvalue weighted by molar-refractivity contribution is 9.10. The van der Waals surface area contributed by atoms with Crippen LogP contribution in [0, 0.1) is 11.3 Å². The maximum Gasteiger partial charge on any atom is 0.152 e. The van der Waals surface area contributed by atoms with Crippen molar-refractivity contribution in [1.29, 1.82) is 5.26 Å². The van der Waals surface area contributed by atoms with Crippen LogP contribution in [0.15, 0.2) is 53.0 Å². The molecule has 0 saturated carbocycles. The number of aromatic nitrogens is 2. The average molecular weight is 298 g/mol. The van der Waals surface area contributed by atoms with Gasteiger partial charge in [0.15, 0.2) is 5.69 Å². The molecule has 0 atom stereocenters. The summed E-state index contributed by atoms with van der Waals surface area (Å²) >= 11 is 3.41. The highest BCUT2D eigenvalue weighted by Crippen LogP contribution is 2.24. The largest absolute Gasteiger partial charge is 0.222 e. The lowest BCUT2D eigenvalue weighted by molar-refractivity contribution is 0.881. The van der Waals surface area contributed by atoms with Gasteiger partial charge in [-0.1, -0.05) is 34.1 Å². The van der Waals surface area contributed by atoms with Gasteiger partial charge >= 0.3 is 0 Å². The average Bonchev–Trinajstić information content (AvgIpc) is 2.77.